The minimum absolute atomic E-state index is 0.0792. The van der Waals surface area contributed by atoms with Crippen LogP contribution >= 0.6 is 22.6 Å². The number of hydrogen-bond donors (Lipinski definition) is 3. The lowest BCUT2D eigenvalue weighted by atomic mass is 10.1. The normalized spacial score (nSPS) is 11.5. The minimum atomic E-state index is -1.18. The highest BCUT2D eigenvalue weighted by atomic mass is 127. The number of nitrogens with one attached hydrogen (secondary N) is 1. The van der Waals surface area contributed by atoms with Gasteiger partial charge in [0.25, 0.3) is 0 Å². The highest BCUT2D eigenvalue weighted by Gasteiger charge is 2.16. The fourth-order valence-electron chi connectivity index (χ4n) is 1.92. The standard InChI is InChI=1S/C17H14FIN2O4/c1-20-11-3-4-13(17(24)25-9-12(23)8-22)16(7-11)21-15-5-2-10(19)6-14(15)18/h2-7,12,21-23H,8-9H2. The van der Waals surface area contributed by atoms with Crippen molar-refractivity contribution in [2.45, 2.75) is 6.10 Å². The van der Waals surface area contributed by atoms with Crippen molar-refractivity contribution in [2.75, 3.05) is 18.5 Å². The molecule has 0 aliphatic carbocycles. The van der Waals surface area contributed by atoms with Gasteiger partial charge in [0.1, 0.15) is 18.5 Å². The van der Waals surface area contributed by atoms with E-state index in [2.05, 4.69) is 10.2 Å². The van der Waals surface area contributed by atoms with Crippen LogP contribution in [-0.2, 0) is 4.74 Å². The van der Waals surface area contributed by atoms with Crippen LogP contribution in [0.5, 0.6) is 0 Å². The Bertz CT molecular complexity index is 823. The predicted octanol–water partition coefficient (Wildman–Crippen LogP) is 3.23. The molecule has 0 heterocycles. The molecule has 0 aliphatic heterocycles. The van der Waals surface area contributed by atoms with Crippen LogP contribution in [0.1, 0.15) is 10.4 Å². The highest BCUT2D eigenvalue weighted by Crippen LogP contribution is 2.28. The SMILES string of the molecule is [C-]#[N+]c1ccc(C(=O)OCC(O)CO)c(Nc2ccc(I)cc2F)c1. The molecule has 6 nitrogen and oxygen atoms in total. The summed E-state index contributed by atoms with van der Waals surface area (Å²) in [5, 5.41) is 20.8. The van der Waals surface area contributed by atoms with Gasteiger partial charge < -0.3 is 20.3 Å². The average molecular weight is 456 g/mol. The van der Waals surface area contributed by atoms with Gasteiger partial charge in [-0.2, -0.15) is 0 Å². The number of aliphatic hydroxyl groups excluding tert-OH is 2. The lowest BCUT2D eigenvalue weighted by Gasteiger charge is -2.14. The first-order valence-corrected chi connectivity index (χ1v) is 8.22. The molecule has 0 aromatic heterocycles. The second kappa shape index (κ2) is 8.75. The van der Waals surface area contributed by atoms with E-state index in [9.17, 15) is 14.3 Å². The van der Waals surface area contributed by atoms with Crippen LogP contribution in [0.25, 0.3) is 4.85 Å². The largest absolute Gasteiger partial charge is 0.459 e. The third kappa shape index (κ3) is 5.12. The van der Waals surface area contributed by atoms with Gasteiger partial charge in [-0.15, -0.1) is 0 Å². The number of aliphatic hydroxyl groups is 2. The van der Waals surface area contributed by atoms with Gasteiger partial charge in [0.15, 0.2) is 5.69 Å². The number of carbonyl (C=O) groups is 1. The van der Waals surface area contributed by atoms with Crippen molar-refractivity contribution in [1.82, 2.24) is 0 Å². The van der Waals surface area contributed by atoms with E-state index >= 15 is 0 Å². The molecule has 0 bridgehead atoms. The van der Waals surface area contributed by atoms with Crippen LogP contribution in [0.3, 0.4) is 0 Å². The molecule has 25 heavy (non-hydrogen) atoms. The van der Waals surface area contributed by atoms with Gasteiger partial charge in [-0.05, 0) is 46.9 Å². The van der Waals surface area contributed by atoms with Gasteiger partial charge >= 0.3 is 5.97 Å². The molecule has 0 fully saturated rings. The fourth-order valence-corrected chi connectivity index (χ4v) is 2.37. The Kier molecular flexibility index (Phi) is 6.69. The van der Waals surface area contributed by atoms with Crippen LogP contribution in [0, 0.1) is 16.0 Å². The fraction of sp³-hybridized carbons (Fsp3) is 0.176. The van der Waals surface area contributed by atoms with E-state index in [0.717, 1.165) is 0 Å². The summed E-state index contributed by atoms with van der Waals surface area (Å²) in [6.45, 7) is 6.16. The first-order valence-electron chi connectivity index (χ1n) is 7.14. The van der Waals surface area contributed by atoms with E-state index in [1.54, 1.807) is 6.07 Å². The topological polar surface area (TPSA) is 83.2 Å². The lowest BCUT2D eigenvalue weighted by molar-refractivity contribution is 0.00941. The van der Waals surface area contributed by atoms with Crippen LogP contribution in [-0.4, -0.2) is 35.5 Å². The molecule has 1 atom stereocenters. The van der Waals surface area contributed by atoms with E-state index in [1.807, 2.05) is 22.6 Å². The summed E-state index contributed by atoms with van der Waals surface area (Å²) in [6.07, 6.45) is -1.18. The van der Waals surface area contributed by atoms with Crippen molar-refractivity contribution in [3.63, 3.8) is 0 Å². The number of ether oxygens (including phenoxy) is 1. The third-order valence-corrected chi connectivity index (χ3v) is 3.84. The zero-order chi connectivity index (χ0) is 18.4. The third-order valence-electron chi connectivity index (χ3n) is 3.17. The molecule has 8 heteroatoms. The molecule has 2 aromatic rings. The first kappa shape index (κ1) is 19.1. The quantitative estimate of drug-likeness (QED) is 0.353. The lowest BCUT2D eigenvalue weighted by Crippen LogP contribution is -2.22. The molecule has 1 unspecified atom stereocenters. The van der Waals surface area contributed by atoms with Crippen LogP contribution in [0.2, 0.25) is 0 Å². The van der Waals surface area contributed by atoms with Crippen molar-refractivity contribution < 1.29 is 24.1 Å². The number of nitrogens with zero attached hydrogens (tertiary/aromatic N) is 1. The minimum Gasteiger partial charge on any atom is -0.459 e. The number of carbonyl (C=O) groups excluding carboxylic acids is 1. The molecule has 130 valence electrons. The summed E-state index contributed by atoms with van der Waals surface area (Å²) in [6, 6.07) is 8.77. The van der Waals surface area contributed by atoms with Gasteiger partial charge in [0.05, 0.1) is 24.4 Å². The molecule has 2 rings (SSSR count). The summed E-state index contributed by atoms with van der Waals surface area (Å²) >= 11 is 1.98. The molecule has 3 N–H and O–H groups in total. The second-order valence-corrected chi connectivity index (χ2v) is 6.27. The van der Waals surface area contributed by atoms with Gasteiger partial charge in [-0.25, -0.2) is 14.0 Å². The van der Waals surface area contributed by atoms with Gasteiger partial charge in [-0.1, -0.05) is 12.1 Å². The highest BCUT2D eigenvalue weighted by molar-refractivity contribution is 14.1. The Hall–Kier alpha value is -2.22. The number of halogens is 2. The maximum absolute atomic E-state index is 14.0. The maximum atomic E-state index is 14.0. The maximum Gasteiger partial charge on any atom is 0.340 e. The summed E-state index contributed by atoms with van der Waals surface area (Å²) < 4.78 is 19.7. The number of rotatable bonds is 6. The summed E-state index contributed by atoms with van der Waals surface area (Å²) in [7, 11) is 0. The molecule has 2 aromatic carbocycles. The molecule has 0 aliphatic rings. The van der Waals surface area contributed by atoms with E-state index in [1.165, 1.54) is 30.3 Å². The molecule has 0 spiro atoms. The smallest absolute Gasteiger partial charge is 0.340 e. The van der Waals surface area contributed by atoms with Crippen LogP contribution in [0.15, 0.2) is 36.4 Å². The van der Waals surface area contributed by atoms with Crippen molar-refractivity contribution >= 4 is 45.6 Å². The zero-order valence-corrected chi connectivity index (χ0v) is 15.0. The Balaban J connectivity index is 2.31. The van der Waals surface area contributed by atoms with E-state index in [0.29, 0.717) is 3.57 Å². The van der Waals surface area contributed by atoms with Crippen LogP contribution < -0.4 is 5.32 Å². The van der Waals surface area contributed by atoms with Gasteiger partial charge in [0, 0.05) is 9.26 Å². The molecular formula is C17H14FIN2O4. The molecular weight excluding hydrogens is 442 g/mol. The van der Waals surface area contributed by atoms with E-state index in [-0.39, 0.29) is 29.2 Å². The molecule has 0 radical (unpaired) electrons. The van der Waals surface area contributed by atoms with Crippen molar-refractivity contribution in [2.24, 2.45) is 0 Å². The summed E-state index contributed by atoms with van der Waals surface area (Å²) in [5.74, 6) is -1.27. The Morgan fingerprint density at radius 3 is 2.72 bits per heavy atom. The van der Waals surface area contributed by atoms with Crippen molar-refractivity contribution in [1.29, 1.82) is 0 Å². The number of hydrogen-bond acceptors (Lipinski definition) is 5. The Morgan fingerprint density at radius 2 is 2.08 bits per heavy atom. The van der Waals surface area contributed by atoms with Gasteiger partial charge in [0.2, 0.25) is 0 Å². The van der Waals surface area contributed by atoms with Gasteiger partial charge in [-0.3, -0.25) is 0 Å². The average Bonchev–Trinajstić information content (AvgIpc) is 2.61. The zero-order valence-electron chi connectivity index (χ0n) is 12.9. The van der Waals surface area contributed by atoms with Crippen molar-refractivity contribution in [3.8, 4) is 0 Å². The summed E-state index contributed by atoms with van der Waals surface area (Å²) in [5.41, 5.74) is 0.694. The Morgan fingerprint density at radius 1 is 1.32 bits per heavy atom. The van der Waals surface area contributed by atoms with Crippen LogP contribution in [0.4, 0.5) is 21.5 Å². The second-order valence-electron chi connectivity index (χ2n) is 5.03. The number of anilines is 2. The predicted molar refractivity (Wildman–Crippen MR) is 98.5 cm³/mol. The Labute approximate surface area is 157 Å². The molecule has 0 amide bonds. The summed E-state index contributed by atoms with van der Waals surface area (Å²) in [4.78, 5) is 15.5. The molecule has 0 saturated carbocycles. The number of benzene rings is 2. The first-order chi connectivity index (χ1) is 11.9. The molecule has 0 saturated heterocycles. The monoisotopic (exact) mass is 456 g/mol. The number of esters is 1. The van der Waals surface area contributed by atoms with E-state index < -0.39 is 24.5 Å². The van der Waals surface area contributed by atoms with E-state index in [4.69, 9.17) is 16.4 Å². The van der Waals surface area contributed by atoms with Crippen molar-refractivity contribution in [3.05, 3.63) is 62.8 Å².